The van der Waals surface area contributed by atoms with Crippen LogP contribution < -0.4 is 10.2 Å². The molecule has 24 heavy (non-hydrogen) atoms. The number of nitrogens with zero attached hydrogens (tertiary/aromatic N) is 1. The Bertz CT molecular complexity index is 668. The molecule has 4 heteroatoms. The van der Waals surface area contributed by atoms with E-state index in [4.69, 9.17) is 0 Å². The number of rotatable bonds is 7. The van der Waals surface area contributed by atoms with E-state index in [0.29, 0.717) is 18.5 Å². The maximum absolute atomic E-state index is 13.6. The summed E-state index contributed by atoms with van der Waals surface area (Å²) in [5, 5.41) is 2.94. The normalized spacial score (nSPS) is 11.8. The molecule has 1 atom stereocenters. The van der Waals surface area contributed by atoms with Crippen LogP contribution in [0.4, 0.5) is 10.1 Å². The fourth-order valence-corrected chi connectivity index (χ4v) is 2.55. The first-order valence-corrected chi connectivity index (χ1v) is 8.24. The molecule has 0 fully saturated rings. The molecule has 1 N–H and O–H groups in total. The second kappa shape index (κ2) is 8.48. The molecule has 3 nitrogen and oxygen atoms in total. The van der Waals surface area contributed by atoms with Gasteiger partial charge in [0, 0.05) is 32.2 Å². The number of carbonyl (C=O) groups excluding carboxylic acids is 1. The summed E-state index contributed by atoms with van der Waals surface area (Å²) >= 11 is 0. The van der Waals surface area contributed by atoms with Crippen LogP contribution in [0.2, 0.25) is 0 Å². The van der Waals surface area contributed by atoms with Gasteiger partial charge in [0.25, 0.3) is 0 Å². The molecule has 0 bridgehead atoms. The lowest BCUT2D eigenvalue weighted by Gasteiger charge is -2.14. The molecule has 1 amide bonds. The van der Waals surface area contributed by atoms with Crippen molar-refractivity contribution in [2.45, 2.75) is 19.8 Å². The monoisotopic (exact) mass is 328 g/mol. The average Bonchev–Trinajstić information content (AvgIpc) is 2.57. The Hall–Kier alpha value is -2.36. The van der Waals surface area contributed by atoms with Crippen molar-refractivity contribution in [1.29, 1.82) is 0 Å². The minimum absolute atomic E-state index is 0.0387. The SMILES string of the molecule is CC(Cc1ccccc1F)C(=O)NCCc1ccc(N(C)C)cc1. The van der Waals surface area contributed by atoms with Crippen molar-refractivity contribution in [3.8, 4) is 0 Å². The lowest BCUT2D eigenvalue weighted by molar-refractivity contribution is -0.124. The Morgan fingerprint density at radius 2 is 1.79 bits per heavy atom. The highest BCUT2D eigenvalue weighted by Crippen LogP contribution is 2.14. The summed E-state index contributed by atoms with van der Waals surface area (Å²) < 4.78 is 13.6. The summed E-state index contributed by atoms with van der Waals surface area (Å²) in [6.45, 7) is 2.41. The summed E-state index contributed by atoms with van der Waals surface area (Å²) in [7, 11) is 4.01. The molecule has 2 aromatic rings. The van der Waals surface area contributed by atoms with E-state index in [1.54, 1.807) is 18.2 Å². The standard InChI is InChI=1S/C20H25FN2O/c1-15(14-17-6-4-5-7-19(17)21)20(24)22-13-12-16-8-10-18(11-9-16)23(2)3/h4-11,15H,12-14H2,1-3H3,(H,22,24). The summed E-state index contributed by atoms with van der Waals surface area (Å²) in [5.74, 6) is -0.542. The van der Waals surface area contributed by atoms with Crippen molar-refractivity contribution in [3.63, 3.8) is 0 Å². The third kappa shape index (κ3) is 5.08. The number of hydrogen-bond donors (Lipinski definition) is 1. The quantitative estimate of drug-likeness (QED) is 0.844. The highest BCUT2D eigenvalue weighted by molar-refractivity contribution is 5.78. The zero-order valence-electron chi connectivity index (χ0n) is 14.6. The molecule has 0 saturated heterocycles. The summed E-state index contributed by atoms with van der Waals surface area (Å²) in [4.78, 5) is 14.2. The van der Waals surface area contributed by atoms with Crippen LogP contribution in [0.5, 0.6) is 0 Å². The average molecular weight is 328 g/mol. The third-order valence-electron chi connectivity index (χ3n) is 4.10. The third-order valence-corrected chi connectivity index (χ3v) is 4.10. The summed E-state index contributed by atoms with van der Waals surface area (Å²) in [6.07, 6.45) is 1.20. The van der Waals surface area contributed by atoms with Crippen LogP contribution in [0, 0.1) is 11.7 Å². The molecule has 0 spiro atoms. The van der Waals surface area contributed by atoms with Crippen molar-refractivity contribution in [2.75, 3.05) is 25.5 Å². The van der Waals surface area contributed by atoms with Crippen LogP contribution in [0.1, 0.15) is 18.1 Å². The molecule has 0 aliphatic heterocycles. The maximum Gasteiger partial charge on any atom is 0.223 e. The summed E-state index contributed by atoms with van der Waals surface area (Å²) in [6, 6.07) is 14.9. The highest BCUT2D eigenvalue weighted by Gasteiger charge is 2.14. The number of anilines is 1. The molecule has 2 rings (SSSR count). The molecule has 2 aromatic carbocycles. The molecule has 0 heterocycles. The van der Waals surface area contributed by atoms with Crippen LogP contribution >= 0.6 is 0 Å². The molecule has 0 radical (unpaired) electrons. The van der Waals surface area contributed by atoms with E-state index in [1.807, 2.05) is 21.0 Å². The maximum atomic E-state index is 13.6. The van der Waals surface area contributed by atoms with E-state index < -0.39 is 0 Å². The van der Waals surface area contributed by atoms with E-state index >= 15 is 0 Å². The smallest absolute Gasteiger partial charge is 0.223 e. The van der Waals surface area contributed by atoms with E-state index in [-0.39, 0.29) is 17.6 Å². The minimum Gasteiger partial charge on any atom is -0.378 e. The van der Waals surface area contributed by atoms with Gasteiger partial charge in [-0.3, -0.25) is 4.79 Å². The van der Waals surface area contributed by atoms with Crippen LogP contribution in [0.15, 0.2) is 48.5 Å². The Morgan fingerprint density at radius 3 is 2.42 bits per heavy atom. The fourth-order valence-electron chi connectivity index (χ4n) is 2.55. The van der Waals surface area contributed by atoms with E-state index in [1.165, 1.54) is 11.6 Å². The van der Waals surface area contributed by atoms with Crippen molar-refractivity contribution in [1.82, 2.24) is 5.32 Å². The predicted octanol–water partition coefficient (Wildman–Crippen LogP) is 3.43. The predicted molar refractivity (Wildman–Crippen MR) is 96.8 cm³/mol. The Labute approximate surface area is 143 Å². The first-order chi connectivity index (χ1) is 11.5. The zero-order chi connectivity index (χ0) is 17.5. The van der Waals surface area contributed by atoms with Crippen LogP contribution in [0.25, 0.3) is 0 Å². The molecule has 0 saturated carbocycles. The topological polar surface area (TPSA) is 32.3 Å². The zero-order valence-corrected chi connectivity index (χ0v) is 14.6. The number of carbonyl (C=O) groups is 1. The Morgan fingerprint density at radius 1 is 1.12 bits per heavy atom. The van der Waals surface area contributed by atoms with Crippen molar-refractivity contribution in [3.05, 3.63) is 65.5 Å². The van der Waals surface area contributed by atoms with Gasteiger partial charge >= 0.3 is 0 Å². The van der Waals surface area contributed by atoms with Crippen molar-refractivity contribution >= 4 is 11.6 Å². The van der Waals surface area contributed by atoms with Gasteiger partial charge in [0.2, 0.25) is 5.91 Å². The molecule has 0 aliphatic rings. The fraction of sp³-hybridized carbons (Fsp3) is 0.350. The first-order valence-electron chi connectivity index (χ1n) is 8.24. The molecule has 1 unspecified atom stereocenters. The van der Waals surface area contributed by atoms with Crippen LogP contribution in [-0.4, -0.2) is 26.5 Å². The number of nitrogens with one attached hydrogen (secondary N) is 1. The largest absolute Gasteiger partial charge is 0.378 e. The van der Waals surface area contributed by atoms with Gasteiger partial charge in [-0.2, -0.15) is 0 Å². The Balaban J connectivity index is 1.79. The van der Waals surface area contributed by atoms with E-state index in [2.05, 4.69) is 34.5 Å². The second-order valence-electron chi connectivity index (χ2n) is 6.30. The number of halogens is 1. The second-order valence-corrected chi connectivity index (χ2v) is 6.30. The lowest BCUT2D eigenvalue weighted by atomic mass is 10.00. The summed E-state index contributed by atoms with van der Waals surface area (Å²) in [5.41, 5.74) is 2.92. The van der Waals surface area contributed by atoms with E-state index in [0.717, 1.165) is 12.1 Å². The molecule has 0 aliphatic carbocycles. The minimum atomic E-state index is -0.252. The van der Waals surface area contributed by atoms with Gasteiger partial charge < -0.3 is 10.2 Å². The van der Waals surface area contributed by atoms with Gasteiger partial charge in [-0.25, -0.2) is 4.39 Å². The number of benzene rings is 2. The van der Waals surface area contributed by atoms with Crippen molar-refractivity contribution < 1.29 is 9.18 Å². The Kier molecular flexibility index (Phi) is 6.36. The van der Waals surface area contributed by atoms with Gasteiger partial charge in [-0.05, 0) is 42.2 Å². The highest BCUT2D eigenvalue weighted by atomic mass is 19.1. The molecular weight excluding hydrogens is 303 g/mol. The van der Waals surface area contributed by atoms with E-state index in [9.17, 15) is 9.18 Å². The van der Waals surface area contributed by atoms with Crippen LogP contribution in [-0.2, 0) is 17.6 Å². The van der Waals surface area contributed by atoms with Gasteiger partial charge in [0.1, 0.15) is 5.82 Å². The molecular formula is C20H25FN2O. The van der Waals surface area contributed by atoms with Crippen molar-refractivity contribution in [2.24, 2.45) is 5.92 Å². The van der Waals surface area contributed by atoms with Gasteiger partial charge in [-0.15, -0.1) is 0 Å². The van der Waals surface area contributed by atoms with Gasteiger partial charge in [0.15, 0.2) is 0 Å². The number of amides is 1. The first kappa shape index (κ1) is 18.0. The van der Waals surface area contributed by atoms with Gasteiger partial charge in [-0.1, -0.05) is 37.3 Å². The number of hydrogen-bond acceptors (Lipinski definition) is 2. The van der Waals surface area contributed by atoms with Gasteiger partial charge in [0.05, 0.1) is 0 Å². The lowest BCUT2D eigenvalue weighted by Crippen LogP contribution is -2.32. The molecule has 128 valence electrons. The van der Waals surface area contributed by atoms with Crippen LogP contribution in [0.3, 0.4) is 0 Å². The molecule has 0 aromatic heterocycles.